The highest BCUT2D eigenvalue weighted by molar-refractivity contribution is 4.83. The molecule has 1 rings (SSSR count). The molecule has 3 nitrogen and oxygen atoms in total. The minimum atomic E-state index is 1.07. The van der Waals surface area contributed by atoms with Crippen molar-refractivity contribution in [1.29, 1.82) is 0 Å². The number of hydrogen-bond donors (Lipinski definition) is 0. The normalized spacial score (nSPS) is 10.5. The smallest absolute Gasteiger partial charge is 0.132 e. The summed E-state index contributed by atoms with van der Waals surface area (Å²) in [7, 11) is 2.00. The second-order valence-corrected chi connectivity index (χ2v) is 3.17. The van der Waals surface area contributed by atoms with E-state index in [0.29, 0.717) is 0 Å². The minimum Gasteiger partial charge on any atom is -0.321 e. The molecule has 0 unspecified atom stereocenters. The Labute approximate surface area is 73.8 Å². The lowest BCUT2D eigenvalue weighted by molar-refractivity contribution is 0.638. The number of aromatic nitrogens is 3. The van der Waals surface area contributed by atoms with Crippen LogP contribution in [-0.2, 0) is 13.5 Å². The second kappa shape index (κ2) is 4.91. The van der Waals surface area contributed by atoms with Crippen molar-refractivity contribution >= 4 is 0 Å². The van der Waals surface area contributed by atoms with Crippen molar-refractivity contribution < 1.29 is 0 Å². The van der Waals surface area contributed by atoms with Crippen molar-refractivity contribution in [2.24, 2.45) is 7.05 Å². The summed E-state index contributed by atoms with van der Waals surface area (Å²) in [5, 5.41) is 7.86. The molecule has 0 fully saturated rings. The summed E-state index contributed by atoms with van der Waals surface area (Å²) in [4.78, 5) is 0. The van der Waals surface area contributed by atoms with Gasteiger partial charge in [0, 0.05) is 13.5 Å². The van der Waals surface area contributed by atoms with Gasteiger partial charge in [0.05, 0.1) is 0 Å². The van der Waals surface area contributed by atoms with E-state index < -0.39 is 0 Å². The highest BCUT2D eigenvalue weighted by Crippen LogP contribution is 2.04. The summed E-state index contributed by atoms with van der Waals surface area (Å²) >= 11 is 0. The van der Waals surface area contributed by atoms with Gasteiger partial charge >= 0.3 is 0 Å². The molecule has 1 aromatic heterocycles. The highest BCUT2D eigenvalue weighted by atomic mass is 15.2. The predicted octanol–water partition coefficient (Wildman–Crippen LogP) is 1.94. The Kier molecular flexibility index (Phi) is 3.77. The fourth-order valence-corrected chi connectivity index (χ4v) is 1.24. The van der Waals surface area contributed by atoms with Gasteiger partial charge in [0.25, 0.3) is 0 Å². The lowest BCUT2D eigenvalue weighted by atomic mass is 10.1. The van der Waals surface area contributed by atoms with Crippen LogP contribution < -0.4 is 0 Å². The van der Waals surface area contributed by atoms with Crippen LogP contribution in [0.5, 0.6) is 0 Å². The first kappa shape index (κ1) is 9.23. The lowest BCUT2D eigenvalue weighted by Gasteiger charge is -1.98. The number of aryl methyl sites for hydroxylation is 2. The van der Waals surface area contributed by atoms with Gasteiger partial charge in [0.15, 0.2) is 0 Å². The Morgan fingerprint density at radius 2 is 2.17 bits per heavy atom. The lowest BCUT2D eigenvalue weighted by Crippen LogP contribution is -1.96. The molecule has 0 radical (unpaired) electrons. The Bertz CT molecular complexity index is 217. The molecule has 0 saturated carbocycles. The summed E-state index contributed by atoms with van der Waals surface area (Å²) in [5.74, 6) is 1.10. The van der Waals surface area contributed by atoms with Gasteiger partial charge < -0.3 is 4.57 Å². The zero-order chi connectivity index (χ0) is 8.81. The highest BCUT2D eigenvalue weighted by Gasteiger charge is 1.98. The molecule has 0 atom stereocenters. The fourth-order valence-electron chi connectivity index (χ4n) is 1.24. The van der Waals surface area contributed by atoms with Gasteiger partial charge in [-0.1, -0.05) is 26.2 Å². The molecule has 0 amide bonds. The van der Waals surface area contributed by atoms with Gasteiger partial charge in [0.2, 0.25) is 0 Å². The van der Waals surface area contributed by atoms with Crippen LogP contribution >= 0.6 is 0 Å². The quantitative estimate of drug-likeness (QED) is 0.627. The average Bonchev–Trinajstić information content (AvgIpc) is 2.46. The number of rotatable bonds is 5. The summed E-state index contributed by atoms with van der Waals surface area (Å²) < 4.78 is 1.99. The van der Waals surface area contributed by atoms with Crippen LogP contribution in [0.4, 0.5) is 0 Å². The molecule has 3 heteroatoms. The van der Waals surface area contributed by atoms with Crippen LogP contribution in [0, 0.1) is 0 Å². The zero-order valence-corrected chi connectivity index (χ0v) is 7.95. The maximum Gasteiger partial charge on any atom is 0.132 e. The molecule has 0 spiro atoms. The number of nitrogens with zero attached hydrogens (tertiary/aromatic N) is 3. The first-order valence-electron chi connectivity index (χ1n) is 4.67. The molecule has 12 heavy (non-hydrogen) atoms. The monoisotopic (exact) mass is 167 g/mol. The van der Waals surface area contributed by atoms with Crippen molar-refractivity contribution in [2.45, 2.75) is 39.0 Å². The average molecular weight is 167 g/mol. The molecular formula is C9H17N3. The van der Waals surface area contributed by atoms with E-state index in [1.165, 1.54) is 25.7 Å². The van der Waals surface area contributed by atoms with Crippen LogP contribution in [0.25, 0.3) is 0 Å². The minimum absolute atomic E-state index is 1.07. The van der Waals surface area contributed by atoms with Crippen molar-refractivity contribution in [1.82, 2.24) is 14.8 Å². The first-order chi connectivity index (χ1) is 5.84. The number of hydrogen-bond acceptors (Lipinski definition) is 2. The Morgan fingerprint density at radius 3 is 2.75 bits per heavy atom. The van der Waals surface area contributed by atoms with Crippen LogP contribution in [-0.4, -0.2) is 14.8 Å². The van der Waals surface area contributed by atoms with Crippen LogP contribution in [0.1, 0.15) is 38.4 Å². The third-order valence-corrected chi connectivity index (χ3v) is 2.06. The SMILES string of the molecule is CCCCCCc1nncn1C. The van der Waals surface area contributed by atoms with Crippen molar-refractivity contribution in [3.05, 3.63) is 12.2 Å². The van der Waals surface area contributed by atoms with Gasteiger partial charge in [-0.15, -0.1) is 10.2 Å². The molecule has 0 N–H and O–H groups in total. The maximum absolute atomic E-state index is 4.03. The standard InChI is InChI=1S/C9H17N3/c1-3-4-5-6-7-9-11-10-8-12(9)2/h8H,3-7H2,1-2H3. The summed E-state index contributed by atoms with van der Waals surface area (Å²) in [5.41, 5.74) is 0. The first-order valence-corrected chi connectivity index (χ1v) is 4.67. The molecule has 0 saturated heterocycles. The van der Waals surface area contributed by atoms with Crippen LogP contribution in [0.15, 0.2) is 6.33 Å². The third-order valence-electron chi connectivity index (χ3n) is 2.06. The van der Waals surface area contributed by atoms with Crippen LogP contribution in [0.2, 0.25) is 0 Å². The van der Waals surface area contributed by atoms with Gasteiger partial charge in [-0.05, 0) is 6.42 Å². The van der Waals surface area contributed by atoms with Crippen molar-refractivity contribution in [3.63, 3.8) is 0 Å². The zero-order valence-electron chi connectivity index (χ0n) is 7.95. The second-order valence-electron chi connectivity index (χ2n) is 3.17. The molecule has 1 heterocycles. The van der Waals surface area contributed by atoms with E-state index in [4.69, 9.17) is 0 Å². The Hall–Kier alpha value is -0.860. The van der Waals surface area contributed by atoms with E-state index >= 15 is 0 Å². The fraction of sp³-hybridized carbons (Fsp3) is 0.778. The summed E-state index contributed by atoms with van der Waals surface area (Å²) in [6, 6.07) is 0. The van der Waals surface area contributed by atoms with E-state index in [-0.39, 0.29) is 0 Å². The van der Waals surface area contributed by atoms with E-state index in [9.17, 15) is 0 Å². The van der Waals surface area contributed by atoms with E-state index in [1.807, 2.05) is 11.6 Å². The van der Waals surface area contributed by atoms with Crippen molar-refractivity contribution in [2.75, 3.05) is 0 Å². The summed E-state index contributed by atoms with van der Waals surface area (Å²) in [6.07, 6.45) is 7.99. The molecule has 0 aliphatic carbocycles. The van der Waals surface area contributed by atoms with Gasteiger partial charge in [0.1, 0.15) is 12.2 Å². The van der Waals surface area contributed by atoms with E-state index in [1.54, 1.807) is 6.33 Å². The molecule has 0 aliphatic heterocycles. The third kappa shape index (κ3) is 2.64. The molecule has 0 bridgehead atoms. The molecular weight excluding hydrogens is 150 g/mol. The van der Waals surface area contributed by atoms with E-state index in [2.05, 4.69) is 17.1 Å². The Morgan fingerprint density at radius 1 is 1.33 bits per heavy atom. The maximum atomic E-state index is 4.03. The molecule has 0 aliphatic rings. The van der Waals surface area contributed by atoms with Gasteiger partial charge in [-0.2, -0.15) is 0 Å². The Balaban J connectivity index is 2.20. The molecule has 1 aromatic rings. The topological polar surface area (TPSA) is 30.7 Å². The molecule has 0 aromatic carbocycles. The predicted molar refractivity (Wildman–Crippen MR) is 48.8 cm³/mol. The van der Waals surface area contributed by atoms with Crippen molar-refractivity contribution in [3.8, 4) is 0 Å². The van der Waals surface area contributed by atoms with Gasteiger partial charge in [-0.3, -0.25) is 0 Å². The largest absolute Gasteiger partial charge is 0.321 e. The number of unbranched alkanes of at least 4 members (excludes halogenated alkanes) is 3. The summed E-state index contributed by atoms with van der Waals surface area (Å²) in [6.45, 7) is 2.22. The van der Waals surface area contributed by atoms with Crippen LogP contribution in [0.3, 0.4) is 0 Å². The van der Waals surface area contributed by atoms with E-state index in [0.717, 1.165) is 12.2 Å². The molecule has 68 valence electrons. The van der Waals surface area contributed by atoms with Gasteiger partial charge in [-0.25, -0.2) is 0 Å².